The van der Waals surface area contributed by atoms with Crippen LogP contribution in [0, 0.1) is 5.41 Å². The summed E-state index contributed by atoms with van der Waals surface area (Å²) in [6.45, 7) is 2.77. The van der Waals surface area contributed by atoms with Crippen LogP contribution >= 0.6 is 0 Å². The molecular weight excluding hydrogens is 308 g/mol. The van der Waals surface area contributed by atoms with E-state index in [2.05, 4.69) is 6.92 Å². The molecule has 0 saturated heterocycles. The van der Waals surface area contributed by atoms with Gasteiger partial charge in [-0.05, 0) is 13.3 Å². The zero-order chi connectivity index (χ0) is 18.3. The molecule has 0 amide bonds. The van der Waals surface area contributed by atoms with Gasteiger partial charge in [0.2, 0.25) is 0 Å². The lowest BCUT2D eigenvalue weighted by molar-refractivity contribution is -0.160. The molecule has 0 radical (unpaired) electrons. The van der Waals surface area contributed by atoms with Crippen molar-refractivity contribution >= 4 is 11.9 Å². The molecule has 0 aliphatic carbocycles. The quantitative estimate of drug-likeness (QED) is 0.322. The number of carboxylic acid groups (broad SMARTS) is 1. The van der Waals surface area contributed by atoms with Gasteiger partial charge in [0.15, 0.2) is 0 Å². The second kappa shape index (κ2) is 14.3. The molecule has 24 heavy (non-hydrogen) atoms. The smallest absolute Gasteiger partial charge is 0.315 e. The highest BCUT2D eigenvalue weighted by molar-refractivity contribution is 5.75. The van der Waals surface area contributed by atoms with E-state index in [1.54, 1.807) is 0 Å². The molecule has 0 spiro atoms. The Kier molecular flexibility index (Phi) is 13.6. The standard InChI is InChI=1S/C19H36O5/c1-3-4-5-6-7-8-9-10-11-12-13-14-17(21)24-16-19(2,15-20)18(22)23/h20H,3-16H2,1-2H3,(H,22,23). The maximum Gasteiger partial charge on any atom is 0.315 e. The highest BCUT2D eigenvalue weighted by atomic mass is 16.5. The first-order valence-corrected chi connectivity index (χ1v) is 9.46. The second-order valence-electron chi connectivity index (χ2n) is 6.97. The van der Waals surface area contributed by atoms with Crippen LogP contribution in [0.3, 0.4) is 0 Å². The third kappa shape index (κ3) is 11.4. The van der Waals surface area contributed by atoms with Gasteiger partial charge in [-0.2, -0.15) is 0 Å². The van der Waals surface area contributed by atoms with Crippen LogP contribution in [0.5, 0.6) is 0 Å². The Hall–Kier alpha value is -1.10. The summed E-state index contributed by atoms with van der Waals surface area (Å²) in [5.74, 6) is -1.54. The Morgan fingerprint density at radius 1 is 0.875 bits per heavy atom. The molecular formula is C19H36O5. The van der Waals surface area contributed by atoms with Gasteiger partial charge in [0.1, 0.15) is 12.0 Å². The minimum atomic E-state index is -1.41. The van der Waals surface area contributed by atoms with Gasteiger partial charge in [0, 0.05) is 6.42 Å². The average Bonchev–Trinajstić information content (AvgIpc) is 2.57. The van der Waals surface area contributed by atoms with E-state index in [9.17, 15) is 9.59 Å². The van der Waals surface area contributed by atoms with Crippen LogP contribution in [0.2, 0.25) is 0 Å². The van der Waals surface area contributed by atoms with Crippen molar-refractivity contribution in [1.82, 2.24) is 0 Å². The predicted octanol–water partition coefficient (Wildman–Crippen LogP) is 4.31. The van der Waals surface area contributed by atoms with Crippen molar-refractivity contribution in [3.63, 3.8) is 0 Å². The number of hydrogen-bond donors (Lipinski definition) is 2. The molecule has 0 aromatic heterocycles. The molecule has 0 bridgehead atoms. The molecule has 0 heterocycles. The summed E-state index contributed by atoms with van der Waals surface area (Å²) in [5.41, 5.74) is -1.41. The van der Waals surface area contributed by atoms with E-state index in [-0.39, 0.29) is 12.6 Å². The molecule has 0 saturated carbocycles. The highest BCUT2D eigenvalue weighted by Crippen LogP contribution is 2.17. The van der Waals surface area contributed by atoms with Crippen LogP contribution < -0.4 is 0 Å². The molecule has 2 N–H and O–H groups in total. The predicted molar refractivity (Wildman–Crippen MR) is 94.9 cm³/mol. The number of aliphatic hydroxyl groups is 1. The zero-order valence-electron chi connectivity index (χ0n) is 15.5. The number of esters is 1. The Morgan fingerprint density at radius 2 is 1.33 bits per heavy atom. The first kappa shape index (κ1) is 22.9. The molecule has 0 fully saturated rings. The summed E-state index contributed by atoms with van der Waals surface area (Å²) in [5, 5.41) is 18.0. The third-order valence-electron chi connectivity index (χ3n) is 4.40. The summed E-state index contributed by atoms with van der Waals surface area (Å²) < 4.78 is 4.97. The van der Waals surface area contributed by atoms with Crippen molar-refractivity contribution in [2.75, 3.05) is 13.2 Å². The van der Waals surface area contributed by atoms with E-state index in [4.69, 9.17) is 14.9 Å². The number of carbonyl (C=O) groups is 2. The lowest BCUT2D eigenvalue weighted by atomic mass is 9.93. The summed E-state index contributed by atoms with van der Waals surface area (Å²) in [6.07, 6.45) is 13.7. The van der Waals surface area contributed by atoms with E-state index in [0.29, 0.717) is 6.42 Å². The lowest BCUT2D eigenvalue weighted by Gasteiger charge is -2.21. The maximum absolute atomic E-state index is 11.6. The molecule has 0 aliphatic rings. The van der Waals surface area contributed by atoms with Gasteiger partial charge < -0.3 is 14.9 Å². The first-order chi connectivity index (χ1) is 11.5. The summed E-state index contributed by atoms with van der Waals surface area (Å²) in [4.78, 5) is 22.6. The summed E-state index contributed by atoms with van der Waals surface area (Å²) in [7, 11) is 0. The largest absolute Gasteiger partial charge is 0.481 e. The minimum absolute atomic E-state index is 0.282. The SMILES string of the molecule is CCCCCCCCCCCCCC(=O)OCC(C)(CO)C(=O)O. The van der Waals surface area contributed by atoms with Crippen molar-refractivity contribution in [1.29, 1.82) is 0 Å². The Labute approximate surface area is 146 Å². The highest BCUT2D eigenvalue weighted by Gasteiger charge is 2.34. The van der Waals surface area contributed by atoms with Crippen molar-refractivity contribution < 1.29 is 24.5 Å². The molecule has 142 valence electrons. The number of aliphatic hydroxyl groups excluding tert-OH is 1. The van der Waals surface area contributed by atoms with Crippen LogP contribution in [0.1, 0.15) is 90.9 Å². The maximum atomic E-state index is 11.6. The number of aliphatic carboxylic acids is 1. The van der Waals surface area contributed by atoms with Gasteiger partial charge in [-0.3, -0.25) is 9.59 Å². The van der Waals surface area contributed by atoms with Crippen LogP contribution in [-0.2, 0) is 14.3 Å². The van der Waals surface area contributed by atoms with Crippen molar-refractivity contribution in [2.45, 2.75) is 90.9 Å². The minimum Gasteiger partial charge on any atom is -0.481 e. The number of carboxylic acids is 1. The van der Waals surface area contributed by atoms with Crippen molar-refractivity contribution in [3.05, 3.63) is 0 Å². The summed E-state index contributed by atoms with van der Waals surface area (Å²) in [6, 6.07) is 0. The van der Waals surface area contributed by atoms with E-state index in [1.165, 1.54) is 58.3 Å². The first-order valence-electron chi connectivity index (χ1n) is 9.46. The summed E-state index contributed by atoms with van der Waals surface area (Å²) >= 11 is 0. The normalized spacial score (nSPS) is 13.5. The van der Waals surface area contributed by atoms with Crippen molar-refractivity contribution in [3.8, 4) is 0 Å². The van der Waals surface area contributed by atoms with E-state index in [0.717, 1.165) is 19.3 Å². The molecule has 1 atom stereocenters. The molecule has 5 heteroatoms. The fraction of sp³-hybridized carbons (Fsp3) is 0.895. The number of carbonyl (C=O) groups excluding carboxylic acids is 1. The Bertz CT molecular complexity index is 343. The van der Waals surface area contributed by atoms with Gasteiger partial charge in [-0.1, -0.05) is 71.1 Å². The van der Waals surface area contributed by atoms with E-state index in [1.807, 2.05) is 0 Å². The van der Waals surface area contributed by atoms with Gasteiger partial charge >= 0.3 is 11.9 Å². The van der Waals surface area contributed by atoms with Crippen LogP contribution in [0.25, 0.3) is 0 Å². The fourth-order valence-electron chi connectivity index (χ4n) is 2.42. The third-order valence-corrected chi connectivity index (χ3v) is 4.40. The zero-order valence-corrected chi connectivity index (χ0v) is 15.5. The fourth-order valence-corrected chi connectivity index (χ4v) is 2.42. The molecule has 1 unspecified atom stereocenters. The van der Waals surface area contributed by atoms with Gasteiger partial charge in [-0.15, -0.1) is 0 Å². The van der Waals surface area contributed by atoms with E-state index >= 15 is 0 Å². The van der Waals surface area contributed by atoms with Crippen molar-refractivity contribution in [2.24, 2.45) is 5.41 Å². The molecule has 0 rings (SSSR count). The van der Waals surface area contributed by atoms with Gasteiger partial charge in [0.05, 0.1) is 6.61 Å². The van der Waals surface area contributed by atoms with Crippen LogP contribution in [-0.4, -0.2) is 35.4 Å². The van der Waals surface area contributed by atoms with Gasteiger partial charge in [-0.25, -0.2) is 0 Å². The monoisotopic (exact) mass is 344 g/mol. The number of unbranched alkanes of at least 4 members (excludes halogenated alkanes) is 10. The Morgan fingerprint density at radius 3 is 1.75 bits per heavy atom. The molecule has 5 nitrogen and oxygen atoms in total. The molecule has 0 aromatic carbocycles. The average molecular weight is 344 g/mol. The number of hydrogen-bond acceptors (Lipinski definition) is 4. The number of ether oxygens (including phenoxy) is 1. The molecule has 0 aliphatic heterocycles. The van der Waals surface area contributed by atoms with Crippen LogP contribution in [0.4, 0.5) is 0 Å². The van der Waals surface area contributed by atoms with Crippen LogP contribution in [0.15, 0.2) is 0 Å². The van der Waals surface area contributed by atoms with E-state index < -0.39 is 18.0 Å². The number of rotatable bonds is 16. The van der Waals surface area contributed by atoms with Gasteiger partial charge in [0.25, 0.3) is 0 Å². The second-order valence-corrected chi connectivity index (χ2v) is 6.97. The molecule has 0 aromatic rings. The topological polar surface area (TPSA) is 83.8 Å². The lowest BCUT2D eigenvalue weighted by Crippen LogP contribution is -2.37. The Balaban J connectivity index is 3.48.